The van der Waals surface area contributed by atoms with Crippen molar-refractivity contribution in [3.05, 3.63) is 0 Å². The first-order valence-corrected chi connectivity index (χ1v) is 15.4. The Bertz CT molecular complexity index is 497. The van der Waals surface area contributed by atoms with Crippen molar-refractivity contribution in [1.82, 2.24) is 0 Å². The minimum Gasteiger partial charge on any atom is -0.396 e. The fourth-order valence-electron chi connectivity index (χ4n) is 8.13. The van der Waals surface area contributed by atoms with Gasteiger partial charge in [0.1, 0.15) is 0 Å². The molecule has 0 aromatic heterocycles. The zero-order valence-electron chi connectivity index (χ0n) is 22.6. The lowest BCUT2D eigenvalue weighted by Crippen LogP contribution is -2.39. The molecular formula is C31H58O2. The lowest BCUT2D eigenvalue weighted by Gasteiger charge is -2.46. The van der Waals surface area contributed by atoms with Crippen LogP contribution in [-0.4, -0.2) is 24.4 Å². The van der Waals surface area contributed by atoms with Crippen LogP contribution in [0.15, 0.2) is 0 Å². The lowest BCUT2D eigenvalue weighted by atomic mass is 9.60. The van der Waals surface area contributed by atoms with Crippen LogP contribution in [-0.2, 0) is 4.74 Å². The molecule has 0 aromatic carbocycles. The first kappa shape index (κ1) is 27.5. The van der Waals surface area contributed by atoms with Gasteiger partial charge in [-0.3, -0.25) is 0 Å². The minimum absolute atomic E-state index is 0.374. The van der Waals surface area contributed by atoms with Crippen LogP contribution in [0.2, 0.25) is 0 Å². The highest BCUT2D eigenvalue weighted by Gasteiger charge is 2.40. The highest BCUT2D eigenvalue weighted by atomic mass is 16.5. The Morgan fingerprint density at radius 1 is 0.636 bits per heavy atom. The van der Waals surface area contributed by atoms with E-state index in [9.17, 15) is 5.11 Å². The van der Waals surface area contributed by atoms with Crippen LogP contribution in [0, 0.1) is 41.4 Å². The summed E-state index contributed by atoms with van der Waals surface area (Å²) in [5.74, 6) is 6.42. The van der Waals surface area contributed by atoms with Gasteiger partial charge < -0.3 is 9.84 Å². The molecule has 0 heterocycles. The van der Waals surface area contributed by atoms with Gasteiger partial charge in [0, 0.05) is 13.2 Å². The molecule has 0 radical (unpaired) electrons. The van der Waals surface area contributed by atoms with Gasteiger partial charge in [0.25, 0.3) is 0 Å². The molecule has 6 atom stereocenters. The van der Waals surface area contributed by atoms with Gasteiger partial charge in [-0.1, -0.05) is 78.6 Å². The van der Waals surface area contributed by atoms with Gasteiger partial charge in [-0.15, -0.1) is 0 Å². The summed E-state index contributed by atoms with van der Waals surface area (Å²) < 4.78 is 6.61. The van der Waals surface area contributed by atoms with Crippen LogP contribution in [0.25, 0.3) is 0 Å². The molecular weight excluding hydrogens is 404 g/mol. The van der Waals surface area contributed by atoms with Crippen molar-refractivity contribution in [1.29, 1.82) is 0 Å². The zero-order chi connectivity index (χ0) is 23.5. The van der Waals surface area contributed by atoms with Crippen molar-refractivity contribution in [2.24, 2.45) is 41.4 Å². The predicted octanol–water partition coefficient (Wildman–Crippen LogP) is 8.80. The molecule has 33 heavy (non-hydrogen) atoms. The maximum atomic E-state index is 9.23. The molecule has 1 N–H and O–H groups in total. The summed E-state index contributed by atoms with van der Waals surface area (Å²) in [6.07, 6.45) is 25.3. The van der Waals surface area contributed by atoms with E-state index in [1.807, 2.05) is 0 Å². The van der Waals surface area contributed by atoms with Gasteiger partial charge in [-0.05, 0) is 99.2 Å². The van der Waals surface area contributed by atoms with E-state index in [2.05, 4.69) is 20.8 Å². The fourth-order valence-corrected chi connectivity index (χ4v) is 8.13. The second kappa shape index (κ2) is 15.1. The number of rotatable bonds is 13. The summed E-state index contributed by atoms with van der Waals surface area (Å²) in [5.41, 5.74) is 0. The Labute approximate surface area is 207 Å². The average Bonchev–Trinajstić information content (AvgIpc) is 2.86. The summed E-state index contributed by atoms with van der Waals surface area (Å²) in [6.45, 7) is 8.60. The van der Waals surface area contributed by atoms with E-state index in [4.69, 9.17) is 4.74 Å². The summed E-state index contributed by atoms with van der Waals surface area (Å²) in [4.78, 5) is 0. The Kier molecular flexibility index (Phi) is 12.6. The summed E-state index contributed by atoms with van der Waals surface area (Å²) in [5, 5.41) is 9.23. The third-order valence-corrected chi connectivity index (χ3v) is 10.3. The van der Waals surface area contributed by atoms with Gasteiger partial charge in [-0.25, -0.2) is 0 Å². The monoisotopic (exact) mass is 462 g/mol. The molecule has 6 unspecified atom stereocenters. The fraction of sp³-hybridized carbons (Fsp3) is 1.00. The molecule has 3 aliphatic rings. The maximum absolute atomic E-state index is 9.23. The van der Waals surface area contributed by atoms with Crippen molar-refractivity contribution in [3.63, 3.8) is 0 Å². The van der Waals surface area contributed by atoms with Crippen LogP contribution in [0.5, 0.6) is 0 Å². The predicted molar refractivity (Wildman–Crippen MR) is 141 cm³/mol. The molecule has 2 heteroatoms. The van der Waals surface area contributed by atoms with Crippen LogP contribution in [0.4, 0.5) is 0 Å². The average molecular weight is 463 g/mol. The number of hydrogen-bond donors (Lipinski definition) is 1. The third-order valence-electron chi connectivity index (χ3n) is 10.3. The van der Waals surface area contributed by atoms with Gasteiger partial charge in [0.15, 0.2) is 0 Å². The van der Waals surface area contributed by atoms with E-state index in [0.717, 1.165) is 54.5 Å². The van der Waals surface area contributed by atoms with Gasteiger partial charge in [-0.2, -0.15) is 0 Å². The second-order valence-corrected chi connectivity index (χ2v) is 12.4. The first-order chi connectivity index (χ1) is 16.2. The van der Waals surface area contributed by atoms with Crippen LogP contribution < -0.4 is 0 Å². The van der Waals surface area contributed by atoms with Crippen molar-refractivity contribution in [2.75, 3.05) is 13.2 Å². The highest BCUT2D eigenvalue weighted by Crippen LogP contribution is 2.48. The van der Waals surface area contributed by atoms with Crippen molar-refractivity contribution in [2.45, 2.75) is 142 Å². The Hall–Kier alpha value is -0.0800. The molecule has 3 aliphatic carbocycles. The summed E-state index contributed by atoms with van der Waals surface area (Å²) in [7, 11) is 0. The molecule has 194 valence electrons. The lowest BCUT2D eigenvalue weighted by molar-refractivity contribution is -0.0461. The minimum atomic E-state index is 0.374. The molecule has 3 rings (SSSR count). The number of aliphatic hydroxyl groups excluding tert-OH is 1. The molecule has 0 spiro atoms. The van der Waals surface area contributed by atoms with E-state index in [1.54, 1.807) is 0 Å². The van der Waals surface area contributed by atoms with Crippen molar-refractivity contribution in [3.8, 4) is 0 Å². The standard InChI is InChI=1S/C31H58O2/c1-4-7-8-10-24-12-14-26(15-13-24)23-33-29-17-19-31(28(6-3)22-29)30-18-16-25(11-9-20-32)21-27(30)5-2/h24-32H,4-23H2,1-3H3. The van der Waals surface area contributed by atoms with Gasteiger partial charge in [0.05, 0.1) is 6.10 Å². The third kappa shape index (κ3) is 8.52. The van der Waals surface area contributed by atoms with Crippen LogP contribution in [0.1, 0.15) is 136 Å². The Morgan fingerprint density at radius 2 is 1.24 bits per heavy atom. The largest absolute Gasteiger partial charge is 0.396 e. The van der Waals surface area contributed by atoms with E-state index >= 15 is 0 Å². The summed E-state index contributed by atoms with van der Waals surface area (Å²) in [6, 6.07) is 0. The molecule has 2 nitrogen and oxygen atoms in total. The smallest absolute Gasteiger partial charge is 0.0578 e. The zero-order valence-corrected chi connectivity index (χ0v) is 22.6. The van der Waals surface area contributed by atoms with Crippen LogP contribution >= 0.6 is 0 Å². The molecule has 0 saturated heterocycles. The second-order valence-electron chi connectivity index (χ2n) is 12.4. The molecule has 0 aliphatic heterocycles. The normalized spacial score (nSPS) is 37.8. The molecule has 0 amide bonds. The number of unbranched alkanes of at least 4 members (excludes halogenated alkanes) is 2. The topological polar surface area (TPSA) is 29.5 Å². The molecule has 0 aromatic rings. The van der Waals surface area contributed by atoms with Gasteiger partial charge in [0.2, 0.25) is 0 Å². The first-order valence-electron chi connectivity index (χ1n) is 15.4. The van der Waals surface area contributed by atoms with E-state index in [-0.39, 0.29) is 0 Å². The van der Waals surface area contributed by atoms with Crippen LogP contribution in [0.3, 0.4) is 0 Å². The maximum Gasteiger partial charge on any atom is 0.0578 e. The van der Waals surface area contributed by atoms with E-state index in [1.165, 1.54) is 109 Å². The Morgan fingerprint density at radius 3 is 1.91 bits per heavy atom. The quantitative estimate of drug-likeness (QED) is 0.277. The van der Waals surface area contributed by atoms with Crippen molar-refractivity contribution >= 4 is 0 Å². The van der Waals surface area contributed by atoms with Crippen molar-refractivity contribution < 1.29 is 9.84 Å². The van der Waals surface area contributed by atoms with Gasteiger partial charge >= 0.3 is 0 Å². The number of ether oxygens (including phenoxy) is 1. The van der Waals surface area contributed by atoms with E-state index < -0.39 is 0 Å². The molecule has 0 bridgehead atoms. The SMILES string of the molecule is CCCCCC1CCC(COC2CCC(C3CCC(CCCO)CC3CC)C(CC)C2)CC1. The summed E-state index contributed by atoms with van der Waals surface area (Å²) >= 11 is 0. The number of aliphatic hydroxyl groups is 1. The highest BCUT2D eigenvalue weighted by molar-refractivity contribution is 4.90. The number of hydrogen-bond acceptors (Lipinski definition) is 2. The van der Waals surface area contributed by atoms with E-state index in [0.29, 0.717) is 12.7 Å². The molecule has 3 fully saturated rings. The molecule has 3 saturated carbocycles. The Balaban J connectivity index is 1.40.